The van der Waals surface area contributed by atoms with Crippen molar-refractivity contribution in [3.05, 3.63) is 29.8 Å². The van der Waals surface area contributed by atoms with Crippen LogP contribution < -0.4 is 10.1 Å². The molecule has 0 spiro atoms. The topological polar surface area (TPSA) is 24.5 Å². The highest BCUT2D eigenvalue weighted by atomic mass is 16.5. The van der Waals surface area contributed by atoms with Gasteiger partial charge in [-0.05, 0) is 57.2 Å². The van der Waals surface area contributed by atoms with Gasteiger partial charge in [0.15, 0.2) is 0 Å². The van der Waals surface area contributed by atoms with Crippen LogP contribution in [0.4, 0.5) is 0 Å². The minimum absolute atomic E-state index is 0.680. The number of piperidine rings is 1. The molecule has 2 aliphatic rings. The highest BCUT2D eigenvalue weighted by Crippen LogP contribution is 2.37. The van der Waals surface area contributed by atoms with Gasteiger partial charge in [-0.2, -0.15) is 0 Å². The van der Waals surface area contributed by atoms with Crippen molar-refractivity contribution in [1.82, 2.24) is 10.2 Å². The zero-order valence-electron chi connectivity index (χ0n) is 13.5. The molecule has 0 aromatic heterocycles. The molecule has 1 aromatic rings. The lowest BCUT2D eigenvalue weighted by Gasteiger charge is -2.41. The molecule has 0 radical (unpaired) electrons. The van der Waals surface area contributed by atoms with E-state index in [2.05, 4.69) is 36.2 Å². The molecule has 2 unspecified atom stereocenters. The first-order valence-electron chi connectivity index (χ1n) is 8.31. The summed E-state index contributed by atoms with van der Waals surface area (Å²) < 4.78 is 5.21. The Morgan fingerprint density at radius 1 is 1.14 bits per heavy atom. The van der Waals surface area contributed by atoms with Gasteiger partial charge in [-0.15, -0.1) is 0 Å². The van der Waals surface area contributed by atoms with E-state index in [4.69, 9.17) is 4.74 Å². The molecule has 2 aliphatic heterocycles. The number of hydrogen-bond acceptors (Lipinski definition) is 3. The molecular formula is C18H28N2O. The molecule has 0 amide bonds. The highest BCUT2D eigenvalue weighted by Gasteiger charge is 2.41. The molecule has 1 N–H and O–H groups in total. The molecule has 2 heterocycles. The third-order valence-corrected chi connectivity index (χ3v) is 5.14. The van der Waals surface area contributed by atoms with Crippen LogP contribution in [0.25, 0.3) is 0 Å². The second-order valence-electron chi connectivity index (χ2n) is 6.82. The van der Waals surface area contributed by atoms with Crippen molar-refractivity contribution >= 4 is 0 Å². The van der Waals surface area contributed by atoms with Gasteiger partial charge in [0.2, 0.25) is 0 Å². The summed E-state index contributed by atoms with van der Waals surface area (Å²) in [5.74, 6) is 0.932. The van der Waals surface area contributed by atoms with Crippen molar-refractivity contribution in [3.8, 4) is 5.75 Å². The lowest BCUT2D eigenvalue weighted by molar-refractivity contribution is 0.0846. The summed E-state index contributed by atoms with van der Waals surface area (Å²) >= 11 is 0. The van der Waals surface area contributed by atoms with Crippen LogP contribution in [-0.2, 0) is 6.54 Å². The molecule has 21 heavy (non-hydrogen) atoms. The van der Waals surface area contributed by atoms with Crippen molar-refractivity contribution in [2.45, 2.75) is 70.2 Å². The SMILES string of the molecule is COc1ccc(CNC2CC3CCC(C2)N3C(C)C)cc1. The predicted octanol–water partition coefficient (Wildman–Crippen LogP) is 3.19. The molecule has 116 valence electrons. The fourth-order valence-electron chi connectivity index (χ4n) is 4.23. The maximum absolute atomic E-state index is 5.21. The van der Waals surface area contributed by atoms with Crippen LogP contribution in [0.2, 0.25) is 0 Å². The second kappa shape index (κ2) is 6.37. The zero-order chi connectivity index (χ0) is 14.8. The lowest BCUT2D eigenvalue weighted by Crippen LogP contribution is -2.51. The molecule has 0 saturated carbocycles. The predicted molar refractivity (Wildman–Crippen MR) is 86.6 cm³/mol. The van der Waals surface area contributed by atoms with Crippen molar-refractivity contribution in [2.24, 2.45) is 0 Å². The monoisotopic (exact) mass is 288 g/mol. The number of benzene rings is 1. The largest absolute Gasteiger partial charge is 0.497 e. The summed E-state index contributed by atoms with van der Waals surface area (Å²) in [5.41, 5.74) is 1.34. The maximum Gasteiger partial charge on any atom is 0.118 e. The van der Waals surface area contributed by atoms with E-state index in [9.17, 15) is 0 Å². The number of methoxy groups -OCH3 is 1. The van der Waals surface area contributed by atoms with Gasteiger partial charge in [0.1, 0.15) is 5.75 Å². The van der Waals surface area contributed by atoms with Crippen molar-refractivity contribution in [2.75, 3.05) is 7.11 Å². The lowest BCUT2D eigenvalue weighted by atomic mass is 9.95. The number of nitrogens with zero attached hydrogens (tertiary/aromatic N) is 1. The minimum Gasteiger partial charge on any atom is -0.497 e. The fourth-order valence-corrected chi connectivity index (χ4v) is 4.23. The standard InChI is InChI=1S/C18H28N2O/c1-13(2)20-16-6-7-17(20)11-15(10-16)19-12-14-4-8-18(21-3)9-5-14/h4-5,8-9,13,15-17,19H,6-7,10-12H2,1-3H3. The summed E-state index contributed by atoms with van der Waals surface area (Å²) in [7, 11) is 1.71. The average Bonchev–Trinajstić information content (AvgIpc) is 2.77. The minimum atomic E-state index is 0.680. The van der Waals surface area contributed by atoms with Gasteiger partial charge in [-0.25, -0.2) is 0 Å². The molecule has 0 aliphatic carbocycles. The van der Waals surface area contributed by atoms with Crippen LogP contribution in [0.3, 0.4) is 0 Å². The van der Waals surface area contributed by atoms with Gasteiger partial charge in [0.05, 0.1) is 7.11 Å². The Morgan fingerprint density at radius 3 is 2.29 bits per heavy atom. The third kappa shape index (κ3) is 3.24. The summed E-state index contributed by atoms with van der Waals surface area (Å²) in [6.07, 6.45) is 5.41. The smallest absolute Gasteiger partial charge is 0.118 e. The Labute approximate surface area is 128 Å². The van der Waals surface area contributed by atoms with E-state index in [1.54, 1.807) is 7.11 Å². The van der Waals surface area contributed by atoms with Crippen LogP contribution in [-0.4, -0.2) is 36.2 Å². The Morgan fingerprint density at radius 2 is 1.76 bits per heavy atom. The number of rotatable bonds is 5. The summed E-state index contributed by atoms with van der Waals surface area (Å²) in [6.45, 7) is 5.66. The second-order valence-corrected chi connectivity index (χ2v) is 6.82. The van der Waals surface area contributed by atoms with Gasteiger partial charge in [-0.1, -0.05) is 12.1 Å². The molecule has 2 fully saturated rings. The molecule has 1 aromatic carbocycles. The normalized spacial score (nSPS) is 29.0. The Kier molecular flexibility index (Phi) is 4.51. The van der Waals surface area contributed by atoms with Crippen LogP contribution in [0, 0.1) is 0 Å². The molecule has 3 rings (SSSR count). The Hall–Kier alpha value is -1.06. The molecule has 3 heteroatoms. The van der Waals surface area contributed by atoms with Gasteiger partial charge in [-0.3, -0.25) is 4.90 Å². The molecular weight excluding hydrogens is 260 g/mol. The van der Waals surface area contributed by atoms with Gasteiger partial charge in [0, 0.05) is 30.7 Å². The van der Waals surface area contributed by atoms with E-state index >= 15 is 0 Å². The summed E-state index contributed by atoms with van der Waals surface area (Å²) in [6, 6.07) is 11.4. The highest BCUT2D eigenvalue weighted by molar-refractivity contribution is 5.27. The van der Waals surface area contributed by atoms with E-state index < -0.39 is 0 Å². The number of ether oxygens (including phenoxy) is 1. The number of fused-ring (bicyclic) bond motifs is 2. The molecule has 2 atom stereocenters. The van der Waals surface area contributed by atoms with E-state index in [-0.39, 0.29) is 0 Å². The number of hydrogen-bond donors (Lipinski definition) is 1. The van der Waals surface area contributed by atoms with Crippen LogP contribution in [0.1, 0.15) is 45.1 Å². The first-order chi connectivity index (χ1) is 10.2. The van der Waals surface area contributed by atoms with Crippen LogP contribution in [0.5, 0.6) is 5.75 Å². The van der Waals surface area contributed by atoms with E-state index in [0.717, 1.165) is 24.4 Å². The fraction of sp³-hybridized carbons (Fsp3) is 0.667. The Bertz CT molecular complexity index is 443. The number of nitrogens with one attached hydrogen (secondary N) is 1. The van der Waals surface area contributed by atoms with Gasteiger partial charge >= 0.3 is 0 Å². The van der Waals surface area contributed by atoms with Gasteiger partial charge in [0.25, 0.3) is 0 Å². The van der Waals surface area contributed by atoms with Gasteiger partial charge < -0.3 is 10.1 Å². The van der Waals surface area contributed by atoms with Crippen LogP contribution in [0.15, 0.2) is 24.3 Å². The average molecular weight is 288 g/mol. The van der Waals surface area contributed by atoms with Crippen molar-refractivity contribution in [3.63, 3.8) is 0 Å². The van der Waals surface area contributed by atoms with E-state index in [0.29, 0.717) is 12.1 Å². The maximum atomic E-state index is 5.21. The Balaban J connectivity index is 1.53. The first-order valence-corrected chi connectivity index (χ1v) is 8.31. The molecule has 3 nitrogen and oxygen atoms in total. The van der Waals surface area contributed by atoms with Crippen molar-refractivity contribution in [1.29, 1.82) is 0 Å². The van der Waals surface area contributed by atoms with Crippen LogP contribution >= 0.6 is 0 Å². The first kappa shape index (κ1) is 14.9. The van der Waals surface area contributed by atoms with Crippen molar-refractivity contribution < 1.29 is 4.74 Å². The van der Waals surface area contributed by atoms with E-state index in [1.807, 2.05) is 12.1 Å². The summed E-state index contributed by atoms with van der Waals surface area (Å²) in [4.78, 5) is 2.76. The third-order valence-electron chi connectivity index (χ3n) is 5.14. The molecule has 2 saturated heterocycles. The zero-order valence-corrected chi connectivity index (χ0v) is 13.5. The molecule has 2 bridgehead atoms. The summed E-state index contributed by atoms with van der Waals surface area (Å²) in [5, 5.41) is 3.77. The van der Waals surface area contributed by atoms with E-state index in [1.165, 1.54) is 31.2 Å². The quantitative estimate of drug-likeness (QED) is 0.900.